The van der Waals surface area contributed by atoms with Crippen molar-refractivity contribution in [3.05, 3.63) is 78.9 Å². The van der Waals surface area contributed by atoms with E-state index in [1.807, 2.05) is 92.7 Å². The molecule has 1 aromatic heterocycles. The highest BCUT2D eigenvalue weighted by Gasteiger charge is 2.21. The van der Waals surface area contributed by atoms with Gasteiger partial charge in [0.25, 0.3) is 0 Å². The summed E-state index contributed by atoms with van der Waals surface area (Å²) < 4.78 is 6.88. The van der Waals surface area contributed by atoms with E-state index in [-0.39, 0.29) is 5.91 Å². The van der Waals surface area contributed by atoms with Crippen LogP contribution in [0, 0.1) is 0 Å². The van der Waals surface area contributed by atoms with E-state index in [2.05, 4.69) is 15.5 Å². The first kappa shape index (κ1) is 22.4. The third-order valence-corrected chi connectivity index (χ3v) is 6.07. The third-order valence-electron chi connectivity index (χ3n) is 5.01. The molecule has 0 saturated carbocycles. The average molecular weight is 460 g/mol. The standard InChI is InChI=1S/C25H25N5O2S/c1-3-32-20-15-13-19(14-16-20)23-28-29-25(30(23)26)33-17(2)24(31)27-22-12-8-7-11-21(22)18-9-5-4-6-10-18/h4-17H,3,26H2,1-2H3,(H,27,31)/t17-/m1/s1. The summed E-state index contributed by atoms with van der Waals surface area (Å²) >= 11 is 1.25. The van der Waals surface area contributed by atoms with Gasteiger partial charge in [-0.05, 0) is 49.7 Å². The topological polar surface area (TPSA) is 95.1 Å². The summed E-state index contributed by atoms with van der Waals surface area (Å²) in [6.07, 6.45) is 0. The van der Waals surface area contributed by atoms with Crippen LogP contribution in [0.4, 0.5) is 5.69 Å². The fraction of sp³-hybridized carbons (Fsp3) is 0.160. The van der Waals surface area contributed by atoms with E-state index in [1.165, 1.54) is 16.4 Å². The van der Waals surface area contributed by atoms with Crippen molar-refractivity contribution in [3.8, 4) is 28.3 Å². The van der Waals surface area contributed by atoms with Crippen molar-refractivity contribution in [2.45, 2.75) is 24.3 Å². The molecule has 33 heavy (non-hydrogen) atoms. The molecule has 8 heteroatoms. The van der Waals surface area contributed by atoms with Crippen LogP contribution in [0.2, 0.25) is 0 Å². The van der Waals surface area contributed by atoms with E-state index >= 15 is 0 Å². The van der Waals surface area contributed by atoms with Gasteiger partial charge in [0.1, 0.15) is 5.75 Å². The van der Waals surface area contributed by atoms with Gasteiger partial charge in [0.2, 0.25) is 11.1 Å². The van der Waals surface area contributed by atoms with E-state index < -0.39 is 5.25 Å². The van der Waals surface area contributed by atoms with Crippen LogP contribution in [0.25, 0.3) is 22.5 Å². The predicted molar refractivity (Wildman–Crippen MR) is 133 cm³/mol. The molecule has 3 aromatic carbocycles. The number of aromatic nitrogens is 3. The number of carbonyl (C=O) groups is 1. The molecule has 0 spiro atoms. The fourth-order valence-corrected chi connectivity index (χ4v) is 4.10. The van der Waals surface area contributed by atoms with E-state index in [0.29, 0.717) is 17.6 Å². The maximum Gasteiger partial charge on any atom is 0.237 e. The van der Waals surface area contributed by atoms with Crippen LogP contribution in [0.1, 0.15) is 13.8 Å². The molecule has 0 aliphatic heterocycles. The lowest BCUT2D eigenvalue weighted by atomic mass is 10.0. The molecular formula is C25H25N5O2S. The van der Waals surface area contributed by atoms with Crippen molar-refractivity contribution in [3.63, 3.8) is 0 Å². The van der Waals surface area contributed by atoms with Crippen molar-refractivity contribution in [2.75, 3.05) is 17.8 Å². The van der Waals surface area contributed by atoms with Gasteiger partial charge in [-0.15, -0.1) is 10.2 Å². The van der Waals surface area contributed by atoms with Gasteiger partial charge in [-0.2, -0.15) is 0 Å². The molecule has 1 heterocycles. The Bertz CT molecular complexity index is 1230. The Morgan fingerprint density at radius 2 is 1.70 bits per heavy atom. The minimum atomic E-state index is -0.437. The lowest BCUT2D eigenvalue weighted by Crippen LogP contribution is -2.24. The van der Waals surface area contributed by atoms with Gasteiger partial charge in [-0.3, -0.25) is 4.79 Å². The maximum atomic E-state index is 12.9. The van der Waals surface area contributed by atoms with Crippen molar-refractivity contribution in [2.24, 2.45) is 0 Å². The second kappa shape index (κ2) is 10.2. The zero-order valence-electron chi connectivity index (χ0n) is 18.4. The Morgan fingerprint density at radius 1 is 1.00 bits per heavy atom. The van der Waals surface area contributed by atoms with Gasteiger partial charge in [-0.25, -0.2) is 4.68 Å². The van der Waals surface area contributed by atoms with Crippen molar-refractivity contribution in [1.29, 1.82) is 0 Å². The highest BCUT2D eigenvalue weighted by atomic mass is 32.2. The number of ether oxygens (including phenoxy) is 1. The lowest BCUT2D eigenvalue weighted by molar-refractivity contribution is -0.115. The first-order valence-corrected chi connectivity index (χ1v) is 11.5. The van der Waals surface area contributed by atoms with Crippen LogP contribution in [0.5, 0.6) is 5.75 Å². The Labute approximate surface area is 197 Å². The zero-order chi connectivity index (χ0) is 23.2. The van der Waals surface area contributed by atoms with Gasteiger partial charge >= 0.3 is 0 Å². The normalized spacial score (nSPS) is 11.7. The number of anilines is 1. The van der Waals surface area contributed by atoms with Crippen molar-refractivity contribution >= 4 is 23.4 Å². The highest BCUT2D eigenvalue weighted by molar-refractivity contribution is 8.00. The summed E-state index contributed by atoms with van der Waals surface area (Å²) in [4.78, 5) is 12.9. The summed E-state index contributed by atoms with van der Waals surface area (Å²) in [6, 6.07) is 25.2. The third kappa shape index (κ3) is 5.18. The molecule has 0 aliphatic rings. The number of amides is 1. The summed E-state index contributed by atoms with van der Waals surface area (Å²) in [5, 5.41) is 11.4. The summed E-state index contributed by atoms with van der Waals surface area (Å²) in [7, 11) is 0. The highest BCUT2D eigenvalue weighted by Crippen LogP contribution is 2.30. The first-order valence-electron chi connectivity index (χ1n) is 10.6. The molecule has 0 saturated heterocycles. The van der Waals surface area contributed by atoms with Crippen LogP contribution in [-0.4, -0.2) is 32.6 Å². The molecule has 3 N–H and O–H groups in total. The number of nitrogens with two attached hydrogens (primary N) is 1. The van der Waals surface area contributed by atoms with Crippen molar-refractivity contribution in [1.82, 2.24) is 14.9 Å². The summed E-state index contributed by atoms with van der Waals surface area (Å²) in [5.41, 5.74) is 3.57. The Balaban J connectivity index is 1.46. The number of rotatable bonds is 8. The zero-order valence-corrected chi connectivity index (χ0v) is 19.3. The molecule has 0 unspecified atom stereocenters. The Morgan fingerprint density at radius 3 is 2.42 bits per heavy atom. The van der Waals surface area contributed by atoms with Crippen LogP contribution in [0.15, 0.2) is 84.0 Å². The molecule has 0 bridgehead atoms. The summed E-state index contributed by atoms with van der Waals surface area (Å²) in [5.74, 6) is 7.39. The number of benzene rings is 3. The molecule has 4 aromatic rings. The average Bonchev–Trinajstić information content (AvgIpc) is 3.20. The van der Waals surface area contributed by atoms with Gasteiger partial charge in [0.05, 0.1) is 11.9 Å². The molecule has 7 nitrogen and oxygen atoms in total. The molecule has 1 amide bonds. The van der Waals surface area contributed by atoms with Crippen LogP contribution >= 0.6 is 11.8 Å². The Kier molecular flexibility index (Phi) is 6.95. The van der Waals surface area contributed by atoms with Crippen LogP contribution in [0.3, 0.4) is 0 Å². The second-order valence-corrected chi connectivity index (χ2v) is 8.60. The van der Waals surface area contributed by atoms with E-state index in [9.17, 15) is 4.79 Å². The molecule has 4 rings (SSSR count). The van der Waals surface area contributed by atoms with Crippen LogP contribution < -0.4 is 15.9 Å². The minimum absolute atomic E-state index is 0.144. The molecular weight excluding hydrogens is 434 g/mol. The van der Waals surface area contributed by atoms with Gasteiger partial charge < -0.3 is 15.9 Å². The Hall–Kier alpha value is -3.78. The van der Waals surface area contributed by atoms with Crippen LogP contribution in [-0.2, 0) is 4.79 Å². The van der Waals surface area contributed by atoms with Gasteiger partial charge in [-0.1, -0.05) is 60.3 Å². The number of nitrogens with zero attached hydrogens (tertiary/aromatic N) is 3. The monoisotopic (exact) mass is 459 g/mol. The summed E-state index contributed by atoms with van der Waals surface area (Å²) in [6.45, 7) is 4.35. The van der Waals surface area contributed by atoms with Gasteiger partial charge in [0.15, 0.2) is 5.82 Å². The number of para-hydroxylation sites is 1. The predicted octanol–water partition coefficient (Wildman–Crippen LogP) is 4.84. The number of nitrogens with one attached hydrogen (secondary N) is 1. The van der Waals surface area contributed by atoms with E-state index in [1.54, 1.807) is 0 Å². The number of carbonyl (C=O) groups excluding carboxylic acids is 1. The lowest BCUT2D eigenvalue weighted by Gasteiger charge is -2.14. The molecule has 168 valence electrons. The number of hydrogen-bond donors (Lipinski definition) is 2. The minimum Gasteiger partial charge on any atom is -0.494 e. The fourth-order valence-electron chi connectivity index (χ4n) is 3.33. The molecule has 1 atom stereocenters. The first-order chi connectivity index (χ1) is 16.1. The SMILES string of the molecule is CCOc1ccc(-c2nnc(S[C@H](C)C(=O)Nc3ccccc3-c3ccccc3)n2N)cc1. The maximum absolute atomic E-state index is 12.9. The van der Waals surface area contributed by atoms with Crippen molar-refractivity contribution < 1.29 is 9.53 Å². The van der Waals surface area contributed by atoms with E-state index in [0.717, 1.165) is 28.1 Å². The number of nitrogen functional groups attached to an aromatic ring is 1. The largest absolute Gasteiger partial charge is 0.494 e. The number of thioether (sulfide) groups is 1. The quantitative estimate of drug-likeness (QED) is 0.289. The second-order valence-electron chi connectivity index (χ2n) is 7.29. The van der Waals surface area contributed by atoms with E-state index in [4.69, 9.17) is 10.6 Å². The smallest absolute Gasteiger partial charge is 0.237 e. The molecule has 0 radical (unpaired) electrons. The van der Waals surface area contributed by atoms with Gasteiger partial charge in [0, 0.05) is 16.8 Å². The molecule has 0 aliphatic carbocycles. The molecule has 0 fully saturated rings. The number of hydrogen-bond acceptors (Lipinski definition) is 6.